The lowest BCUT2D eigenvalue weighted by atomic mass is 10.2. The van der Waals surface area contributed by atoms with Gasteiger partial charge in [0.05, 0.1) is 30.3 Å². The Morgan fingerprint density at radius 1 is 1.33 bits per heavy atom. The van der Waals surface area contributed by atoms with Crippen LogP contribution in [0.25, 0.3) is 11.6 Å². The van der Waals surface area contributed by atoms with Crippen LogP contribution in [0.1, 0.15) is 27.4 Å². The number of carbonyl (C=O) groups is 1. The maximum atomic E-state index is 12.3. The first-order valence-electron chi connectivity index (χ1n) is 7.15. The highest BCUT2D eigenvalue weighted by atomic mass is 16.3. The topological polar surface area (TPSA) is 133 Å². The van der Waals surface area contributed by atoms with Crippen molar-refractivity contribution >= 4 is 11.7 Å². The number of nitrogens with zero attached hydrogens (tertiary/aromatic N) is 5. The first-order valence-corrected chi connectivity index (χ1v) is 7.15. The van der Waals surface area contributed by atoms with Crippen molar-refractivity contribution in [2.45, 2.75) is 20.4 Å². The molecule has 0 saturated heterocycles. The van der Waals surface area contributed by atoms with E-state index in [9.17, 15) is 4.79 Å². The Balaban J connectivity index is 1.79. The fourth-order valence-corrected chi connectivity index (χ4v) is 2.11. The lowest BCUT2D eigenvalue weighted by Gasteiger charge is -2.08. The molecule has 1 amide bonds. The molecule has 0 unspecified atom stereocenters. The Kier molecular flexibility index (Phi) is 4.15. The predicted molar refractivity (Wildman–Crippen MR) is 84.6 cm³/mol. The number of oxazole rings is 1. The van der Waals surface area contributed by atoms with Gasteiger partial charge in [-0.1, -0.05) is 0 Å². The number of nitrogens with two attached hydrogens (primary N) is 1. The number of rotatable bonds is 4. The molecule has 3 N–H and O–H groups in total. The quantitative estimate of drug-likeness (QED) is 0.727. The van der Waals surface area contributed by atoms with E-state index in [0.717, 1.165) is 5.56 Å². The second-order valence-corrected chi connectivity index (χ2v) is 5.14. The fourth-order valence-electron chi connectivity index (χ4n) is 2.11. The van der Waals surface area contributed by atoms with Gasteiger partial charge in [0.2, 0.25) is 5.89 Å². The van der Waals surface area contributed by atoms with E-state index in [1.165, 1.54) is 12.5 Å². The van der Waals surface area contributed by atoms with Gasteiger partial charge in [-0.2, -0.15) is 10.2 Å². The van der Waals surface area contributed by atoms with Crippen LogP contribution < -0.4 is 11.1 Å². The highest BCUT2D eigenvalue weighted by Crippen LogP contribution is 2.20. The Hall–Kier alpha value is -3.36. The molecule has 0 radical (unpaired) electrons. The van der Waals surface area contributed by atoms with E-state index in [1.807, 2.05) is 13.0 Å². The number of carbonyl (C=O) groups excluding carboxylic acids is 1. The molecule has 9 nitrogen and oxygen atoms in total. The summed E-state index contributed by atoms with van der Waals surface area (Å²) in [5, 5.41) is 10.5. The molecule has 0 saturated carbocycles. The summed E-state index contributed by atoms with van der Waals surface area (Å²) in [6.07, 6.45) is 4.56. The molecule has 3 aromatic rings. The third kappa shape index (κ3) is 3.19. The monoisotopic (exact) mass is 325 g/mol. The summed E-state index contributed by atoms with van der Waals surface area (Å²) in [6, 6.07) is 1.83. The zero-order valence-electron chi connectivity index (χ0n) is 13.1. The largest absolute Gasteiger partial charge is 0.443 e. The van der Waals surface area contributed by atoms with Gasteiger partial charge in [0.1, 0.15) is 12.0 Å². The normalized spacial score (nSPS) is 10.6. The molecule has 0 spiro atoms. The Morgan fingerprint density at radius 3 is 2.88 bits per heavy atom. The third-order valence-electron chi connectivity index (χ3n) is 3.22. The van der Waals surface area contributed by atoms with Crippen molar-refractivity contribution in [3.05, 3.63) is 47.4 Å². The summed E-state index contributed by atoms with van der Waals surface area (Å²) in [5.41, 5.74) is 8.40. The van der Waals surface area contributed by atoms with Crippen molar-refractivity contribution in [3.8, 4) is 11.6 Å². The fraction of sp³-hybridized carbons (Fsp3) is 0.200. The molecule has 0 aliphatic heterocycles. The average Bonchev–Trinajstić information content (AvgIpc) is 3.08. The number of amides is 1. The molecule has 0 aliphatic rings. The van der Waals surface area contributed by atoms with E-state index >= 15 is 0 Å². The first-order chi connectivity index (χ1) is 11.5. The van der Waals surface area contributed by atoms with Crippen molar-refractivity contribution in [2.75, 3.05) is 5.73 Å². The van der Waals surface area contributed by atoms with Crippen LogP contribution in [0.5, 0.6) is 0 Å². The van der Waals surface area contributed by atoms with Crippen molar-refractivity contribution in [1.82, 2.24) is 30.5 Å². The van der Waals surface area contributed by atoms with E-state index in [0.29, 0.717) is 23.0 Å². The van der Waals surface area contributed by atoms with E-state index in [2.05, 4.69) is 30.5 Å². The Morgan fingerprint density at radius 2 is 2.17 bits per heavy atom. The van der Waals surface area contributed by atoms with Crippen LogP contribution in [-0.2, 0) is 6.54 Å². The summed E-state index contributed by atoms with van der Waals surface area (Å²) in [4.78, 5) is 24.7. The van der Waals surface area contributed by atoms with Gasteiger partial charge in [0.25, 0.3) is 5.91 Å². The summed E-state index contributed by atoms with van der Waals surface area (Å²) < 4.78 is 5.19. The van der Waals surface area contributed by atoms with Gasteiger partial charge in [-0.3, -0.25) is 4.79 Å². The number of aryl methyl sites for hydroxylation is 2. The van der Waals surface area contributed by atoms with Crippen LogP contribution in [0.4, 0.5) is 5.82 Å². The summed E-state index contributed by atoms with van der Waals surface area (Å²) in [5.74, 6) is -0.138. The number of aromatic nitrogens is 5. The number of anilines is 1. The van der Waals surface area contributed by atoms with Crippen LogP contribution in [-0.4, -0.2) is 31.1 Å². The zero-order valence-corrected chi connectivity index (χ0v) is 13.1. The molecule has 0 atom stereocenters. The van der Waals surface area contributed by atoms with Crippen LogP contribution in [0.2, 0.25) is 0 Å². The van der Waals surface area contributed by atoms with Gasteiger partial charge in [0, 0.05) is 0 Å². The highest BCUT2D eigenvalue weighted by Gasteiger charge is 2.18. The van der Waals surface area contributed by atoms with Gasteiger partial charge in [-0.25, -0.2) is 15.0 Å². The number of nitrogen functional groups attached to an aromatic ring is 1. The van der Waals surface area contributed by atoms with Gasteiger partial charge in [0.15, 0.2) is 11.5 Å². The van der Waals surface area contributed by atoms with Crippen LogP contribution in [0.3, 0.4) is 0 Å². The van der Waals surface area contributed by atoms with Gasteiger partial charge < -0.3 is 15.5 Å². The van der Waals surface area contributed by atoms with Crippen LogP contribution in [0.15, 0.2) is 29.1 Å². The second-order valence-electron chi connectivity index (χ2n) is 5.14. The van der Waals surface area contributed by atoms with E-state index in [-0.39, 0.29) is 18.1 Å². The smallest absolute Gasteiger partial charge is 0.274 e. The Labute approximate surface area is 137 Å². The van der Waals surface area contributed by atoms with E-state index in [4.69, 9.17) is 10.2 Å². The lowest BCUT2D eigenvalue weighted by molar-refractivity contribution is 0.0946. The van der Waals surface area contributed by atoms with Crippen molar-refractivity contribution in [3.63, 3.8) is 0 Å². The highest BCUT2D eigenvalue weighted by molar-refractivity contribution is 5.96. The van der Waals surface area contributed by atoms with Gasteiger partial charge in [-0.15, -0.1) is 0 Å². The molecule has 0 fully saturated rings. The predicted octanol–water partition coefficient (Wildman–Crippen LogP) is 1.05. The van der Waals surface area contributed by atoms with Crippen molar-refractivity contribution < 1.29 is 9.21 Å². The molecule has 0 bridgehead atoms. The van der Waals surface area contributed by atoms with Crippen LogP contribution >= 0.6 is 0 Å². The minimum atomic E-state index is -0.439. The zero-order chi connectivity index (χ0) is 17.1. The van der Waals surface area contributed by atoms with Crippen molar-refractivity contribution in [2.24, 2.45) is 0 Å². The second kappa shape index (κ2) is 6.41. The third-order valence-corrected chi connectivity index (χ3v) is 3.22. The minimum absolute atomic E-state index is 0.00151. The average molecular weight is 325 g/mol. The van der Waals surface area contributed by atoms with Gasteiger partial charge in [-0.05, 0) is 25.5 Å². The Bertz CT molecular complexity index is 878. The SMILES string of the molecule is Cc1cnnc(CNC(=O)c2nc(C)c(-c3ncco3)nc2N)c1. The molecule has 3 aromatic heterocycles. The summed E-state index contributed by atoms with van der Waals surface area (Å²) in [7, 11) is 0. The summed E-state index contributed by atoms with van der Waals surface area (Å²) in [6.45, 7) is 3.82. The molecular formula is C15H15N7O2. The number of hydrogen-bond acceptors (Lipinski definition) is 8. The molecule has 9 heteroatoms. The minimum Gasteiger partial charge on any atom is -0.443 e. The first kappa shape index (κ1) is 15.5. The van der Waals surface area contributed by atoms with Crippen molar-refractivity contribution in [1.29, 1.82) is 0 Å². The molecule has 0 aliphatic carbocycles. The molecule has 24 heavy (non-hydrogen) atoms. The standard InChI is InChI=1S/C15H15N7O2/c1-8-5-10(22-19-6-8)7-18-14(23)12-13(16)21-11(9(2)20-12)15-17-3-4-24-15/h3-6H,7H2,1-2H3,(H2,16,21)(H,18,23). The molecular weight excluding hydrogens is 310 g/mol. The van der Waals surface area contributed by atoms with Gasteiger partial charge >= 0.3 is 0 Å². The molecule has 122 valence electrons. The molecule has 3 rings (SSSR count). The maximum absolute atomic E-state index is 12.3. The summed E-state index contributed by atoms with van der Waals surface area (Å²) >= 11 is 0. The van der Waals surface area contributed by atoms with E-state index in [1.54, 1.807) is 13.1 Å². The number of nitrogens with one attached hydrogen (secondary N) is 1. The number of hydrogen-bond donors (Lipinski definition) is 2. The molecule has 0 aromatic carbocycles. The molecule has 3 heterocycles. The lowest BCUT2D eigenvalue weighted by Crippen LogP contribution is -2.26. The van der Waals surface area contributed by atoms with E-state index < -0.39 is 5.91 Å². The maximum Gasteiger partial charge on any atom is 0.274 e. The van der Waals surface area contributed by atoms with Crippen LogP contribution in [0, 0.1) is 13.8 Å².